The minimum atomic E-state index is -3.67. The van der Waals surface area contributed by atoms with E-state index in [1.807, 2.05) is 0 Å². The molecule has 1 aromatic carbocycles. The van der Waals surface area contributed by atoms with Gasteiger partial charge < -0.3 is 10.5 Å². The van der Waals surface area contributed by atoms with Crippen molar-refractivity contribution in [3.63, 3.8) is 0 Å². The van der Waals surface area contributed by atoms with Crippen molar-refractivity contribution in [3.8, 4) is 0 Å². The van der Waals surface area contributed by atoms with Crippen LogP contribution in [-0.4, -0.2) is 59.1 Å². The highest BCUT2D eigenvalue weighted by Gasteiger charge is 2.10. The average Bonchev–Trinajstić information content (AvgIpc) is 2.42. The van der Waals surface area contributed by atoms with E-state index in [4.69, 9.17) is 15.0 Å². The second-order valence-corrected chi connectivity index (χ2v) is 7.88. The molecule has 9 nitrogen and oxygen atoms in total. The minimum Gasteiger partial charge on any atom is -0.460 e. The highest BCUT2D eigenvalue weighted by atomic mass is 32.2. The van der Waals surface area contributed by atoms with Gasteiger partial charge in [-0.1, -0.05) is 18.2 Å². The van der Waals surface area contributed by atoms with Crippen molar-refractivity contribution < 1.29 is 35.1 Å². The van der Waals surface area contributed by atoms with Gasteiger partial charge in [0, 0.05) is 6.04 Å². The smallest absolute Gasteiger partial charge is 0.338 e. The molecule has 0 aliphatic carbocycles. The van der Waals surface area contributed by atoms with Crippen molar-refractivity contribution >= 4 is 26.2 Å². The molecule has 0 aromatic heterocycles. The van der Waals surface area contributed by atoms with Gasteiger partial charge >= 0.3 is 5.97 Å². The van der Waals surface area contributed by atoms with Gasteiger partial charge in [0.05, 0.1) is 24.7 Å². The zero-order valence-electron chi connectivity index (χ0n) is 13.3. The molecule has 1 rings (SSSR count). The van der Waals surface area contributed by atoms with Crippen LogP contribution in [0.15, 0.2) is 30.3 Å². The predicted molar refractivity (Wildman–Crippen MR) is 87.6 cm³/mol. The summed E-state index contributed by atoms with van der Waals surface area (Å²) in [4.78, 5) is 11.6. The van der Waals surface area contributed by atoms with E-state index >= 15 is 0 Å². The number of benzene rings is 1. The van der Waals surface area contributed by atoms with E-state index in [0.29, 0.717) is 11.8 Å². The highest BCUT2D eigenvalue weighted by Crippen LogP contribution is 2.02. The van der Waals surface area contributed by atoms with Crippen LogP contribution < -0.4 is 5.73 Å². The molecule has 0 fully saturated rings. The molecule has 0 heterocycles. The lowest BCUT2D eigenvalue weighted by Gasteiger charge is -2.11. The van der Waals surface area contributed by atoms with Crippen LogP contribution in [0.1, 0.15) is 16.8 Å². The third kappa shape index (κ3) is 15.4. The van der Waals surface area contributed by atoms with Gasteiger partial charge in [-0.25, -0.2) is 4.79 Å². The first kappa shape index (κ1) is 22.5. The fourth-order valence-corrected chi connectivity index (χ4v) is 1.67. The summed E-state index contributed by atoms with van der Waals surface area (Å²) in [7, 11) is -7.12. The van der Waals surface area contributed by atoms with Crippen LogP contribution in [0.3, 0.4) is 0 Å². The van der Waals surface area contributed by atoms with Crippen molar-refractivity contribution in [2.45, 2.75) is 12.5 Å². The Hall–Kier alpha value is -1.53. The number of rotatable bonds is 7. The van der Waals surface area contributed by atoms with Gasteiger partial charge in [-0.3, -0.25) is 8.74 Å². The summed E-state index contributed by atoms with van der Waals surface area (Å²) < 4.78 is 56.8. The van der Waals surface area contributed by atoms with Gasteiger partial charge in [0.2, 0.25) is 0 Å². The van der Waals surface area contributed by atoms with Crippen molar-refractivity contribution in [3.05, 3.63) is 35.9 Å². The van der Waals surface area contributed by atoms with E-state index in [-0.39, 0.29) is 19.6 Å². The Morgan fingerprint density at radius 2 is 1.67 bits per heavy atom. The van der Waals surface area contributed by atoms with E-state index in [9.17, 15) is 21.6 Å². The van der Waals surface area contributed by atoms with Crippen LogP contribution in [-0.2, 0) is 29.2 Å². The van der Waals surface area contributed by atoms with E-state index in [1.165, 1.54) is 0 Å². The van der Waals surface area contributed by atoms with Crippen LogP contribution >= 0.6 is 0 Å². The standard InChI is InChI=1S/C12H17NO5S.CH4O3S/c1-19(15,16)18-8-7-11(13)9-17-12(14)10-5-3-2-4-6-10;1-5(2,3)4/h2-6,11H,7-9,13H2,1H3;1H3,(H,2,3,4). The van der Waals surface area contributed by atoms with Gasteiger partial charge in [0.15, 0.2) is 0 Å². The number of ether oxygens (including phenoxy) is 1. The second kappa shape index (κ2) is 10.4. The summed E-state index contributed by atoms with van der Waals surface area (Å²) in [6.07, 6.45) is 1.97. The Bertz CT molecular complexity index is 693. The Labute approximate surface area is 141 Å². The lowest BCUT2D eigenvalue weighted by Crippen LogP contribution is -2.29. The molecule has 11 heteroatoms. The molecule has 0 bridgehead atoms. The highest BCUT2D eigenvalue weighted by molar-refractivity contribution is 7.86. The number of hydrogen-bond acceptors (Lipinski definition) is 8. The minimum absolute atomic E-state index is 0.0147. The SMILES string of the molecule is CS(=O)(=O)O.CS(=O)(=O)OCCC(N)COC(=O)c1ccccc1. The topological polar surface area (TPSA) is 150 Å². The van der Waals surface area contributed by atoms with Crippen LogP contribution in [0.2, 0.25) is 0 Å². The Morgan fingerprint density at radius 1 is 1.17 bits per heavy atom. The lowest BCUT2D eigenvalue weighted by molar-refractivity contribution is 0.0472. The van der Waals surface area contributed by atoms with E-state index in [0.717, 1.165) is 6.26 Å². The Kier molecular flexibility index (Phi) is 9.70. The molecule has 1 unspecified atom stereocenters. The first-order valence-corrected chi connectivity index (χ1v) is 10.3. The van der Waals surface area contributed by atoms with Gasteiger partial charge in [-0.05, 0) is 18.6 Å². The van der Waals surface area contributed by atoms with E-state index < -0.39 is 32.2 Å². The maximum absolute atomic E-state index is 11.6. The molecule has 0 saturated heterocycles. The zero-order valence-corrected chi connectivity index (χ0v) is 14.9. The maximum Gasteiger partial charge on any atom is 0.338 e. The molecule has 0 aliphatic heterocycles. The predicted octanol–water partition coefficient (Wildman–Crippen LogP) is 0.0410. The van der Waals surface area contributed by atoms with Crippen LogP contribution in [0.5, 0.6) is 0 Å². The zero-order chi connectivity index (χ0) is 18.8. The van der Waals surface area contributed by atoms with Gasteiger partial charge in [0.25, 0.3) is 20.2 Å². The van der Waals surface area contributed by atoms with Gasteiger partial charge in [-0.15, -0.1) is 0 Å². The van der Waals surface area contributed by atoms with Crippen LogP contribution in [0.4, 0.5) is 0 Å². The molecule has 0 amide bonds. The van der Waals surface area contributed by atoms with Crippen LogP contribution in [0.25, 0.3) is 0 Å². The number of esters is 1. The Morgan fingerprint density at radius 3 is 2.12 bits per heavy atom. The van der Waals surface area contributed by atoms with Gasteiger partial charge in [-0.2, -0.15) is 16.8 Å². The summed E-state index contributed by atoms with van der Waals surface area (Å²) in [6.45, 7) is -0.0102. The normalized spacial score (nSPS) is 12.7. The molecule has 3 N–H and O–H groups in total. The number of hydrogen-bond donors (Lipinski definition) is 2. The first-order valence-electron chi connectivity index (χ1n) is 6.63. The van der Waals surface area contributed by atoms with Crippen molar-refractivity contribution in [2.24, 2.45) is 5.73 Å². The molecule has 24 heavy (non-hydrogen) atoms. The third-order valence-corrected chi connectivity index (χ3v) is 2.82. The average molecular weight is 383 g/mol. The maximum atomic E-state index is 11.6. The fraction of sp³-hybridized carbons (Fsp3) is 0.462. The molecule has 138 valence electrons. The molecule has 0 saturated carbocycles. The van der Waals surface area contributed by atoms with Gasteiger partial charge in [0.1, 0.15) is 6.61 Å². The van der Waals surface area contributed by atoms with Crippen molar-refractivity contribution in [1.29, 1.82) is 0 Å². The molecule has 1 atom stereocenters. The quantitative estimate of drug-likeness (QED) is 0.378. The number of nitrogens with two attached hydrogens (primary N) is 1. The summed E-state index contributed by atoms with van der Waals surface area (Å²) in [6, 6.07) is 8.08. The van der Waals surface area contributed by atoms with Crippen molar-refractivity contribution in [2.75, 3.05) is 25.7 Å². The number of carbonyl (C=O) groups is 1. The number of carbonyl (C=O) groups excluding carboxylic acids is 1. The summed E-state index contributed by atoms with van der Waals surface area (Å²) >= 11 is 0. The summed E-state index contributed by atoms with van der Waals surface area (Å²) in [5, 5.41) is 0. The molecule has 0 aliphatic rings. The summed E-state index contributed by atoms with van der Waals surface area (Å²) in [5.74, 6) is -0.458. The summed E-state index contributed by atoms with van der Waals surface area (Å²) in [5.41, 5.74) is 6.12. The van der Waals surface area contributed by atoms with E-state index in [2.05, 4.69) is 4.18 Å². The molecule has 0 spiro atoms. The van der Waals surface area contributed by atoms with Crippen molar-refractivity contribution in [1.82, 2.24) is 0 Å². The van der Waals surface area contributed by atoms with Crippen LogP contribution in [0, 0.1) is 0 Å². The molecular weight excluding hydrogens is 362 g/mol. The van der Waals surface area contributed by atoms with E-state index in [1.54, 1.807) is 30.3 Å². The molecular formula is C13H21NO8S2. The molecule has 1 aromatic rings. The fourth-order valence-electron chi connectivity index (χ4n) is 1.27. The third-order valence-electron chi connectivity index (χ3n) is 2.22. The largest absolute Gasteiger partial charge is 0.460 e. The molecule has 0 radical (unpaired) electrons. The monoisotopic (exact) mass is 383 g/mol. The second-order valence-electron chi connectivity index (χ2n) is 4.77. The first-order chi connectivity index (χ1) is 10.9. The Balaban J connectivity index is 0.000000922. The lowest BCUT2D eigenvalue weighted by atomic mass is 10.2.